The third-order valence-electron chi connectivity index (χ3n) is 2.18. The lowest BCUT2D eigenvalue weighted by molar-refractivity contribution is -0.873. The predicted molar refractivity (Wildman–Crippen MR) is 71.5 cm³/mol. The summed E-state index contributed by atoms with van der Waals surface area (Å²) in [4.78, 5) is 0. The number of hydrogen-bond acceptors (Lipinski definition) is 2. The zero-order valence-corrected chi connectivity index (χ0v) is 11.2. The number of thioether (sulfide) groups is 1. The van der Waals surface area contributed by atoms with Gasteiger partial charge in [0.05, 0.1) is 21.1 Å². The van der Waals surface area contributed by atoms with E-state index in [1.807, 2.05) is 6.07 Å². The molecule has 1 N–H and O–H groups in total. The lowest BCUT2D eigenvalue weighted by Gasteiger charge is -2.26. The van der Waals surface area contributed by atoms with Gasteiger partial charge in [-0.3, -0.25) is 0 Å². The fourth-order valence-corrected chi connectivity index (χ4v) is 2.50. The van der Waals surface area contributed by atoms with Crippen LogP contribution in [0.4, 0.5) is 0 Å². The second kappa shape index (κ2) is 6.28. The largest absolute Gasteiger partial charge is 0.386 e. The van der Waals surface area contributed by atoms with Crippen LogP contribution in [0.3, 0.4) is 0 Å². The molecule has 1 rings (SSSR count). The van der Waals surface area contributed by atoms with Crippen molar-refractivity contribution in [1.29, 1.82) is 0 Å². The van der Waals surface area contributed by atoms with Crippen LogP contribution >= 0.6 is 11.8 Å². The van der Waals surface area contributed by atoms with E-state index in [9.17, 15) is 5.11 Å². The summed E-state index contributed by atoms with van der Waals surface area (Å²) in [6.07, 6.45) is -0.214. The van der Waals surface area contributed by atoms with E-state index in [1.165, 1.54) is 5.56 Å². The lowest BCUT2D eigenvalue weighted by atomic mass is 10.2. The minimum atomic E-state index is -0.214. The maximum absolute atomic E-state index is 9.83. The number of hydrogen-bond donors (Lipinski definition) is 1. The van der Waals surface area contributed by atoms with Gasteiger partial charge in [-0.25, -0.2) is 0 Å². The molecule has 0 bridgehead atoms. The Morgan fingerprint density at radius 2 is 1.81 bits per heavy atom. The molecule has 0 amide bonds. The molecule has 0 aromatic heterocycles. The van der Waals surface area contributed by atoms with Gasteiger partial charge >= 0.3 is 0 Å². The van der Waals surface area contributed by atoms with Crippen LogP contribution in [0.25, 0.3) is 0 Å². The second-order valence-electron chi connectivity index (χ2n) is 5.13. The third kappa shape index (κ3) is 6.16. The van der Waals surface area contributed by atoms with E-state index in [-0.39, 0.29) is 6.10 Å². The number of quaternary nitrogens is 1. The van der Waals surface area contributed by atoms with E-state index in [0.717, 1.165) is 22.5 Å². The molecule has 2 nitrogen and oxygen atoms in total. The molecule has 0 spiro atoms. The minimum Gasteiger partial charge on any atom is -0.386 e. The molecular formula is C13H22NOS+. The highest BCUT2D eigenvalue weighted by Crippen LogP contribution is 2.13. The number of benzene rings is 1. The van der Waals surface area contributed by atoms with E-state index in [1.54, 1.807) is 11.8 Å². The smallest absolute Gasteiger partial charge is 0.112 e. The van der Waals surface area contributed by atoms with Gasteiger partial charge in [-0.1, -0.05) is 30.3 Å². The SMILES string of the molecule is C[N+](C)(C)C[C@@H](O)CSCc1ccccc1. The average Bonchev–Trinajstić information content (AvgIpc) is 2.16. The van der Waals surface area contributed by atoms with Crippen molar-refractivity contribution in [2.45, 2.75) is 11.9 Å². The van der Waals surface area contributed by atoms with Crippen LogP contribution in [-0.2, 0) is 5.75 Å². The van der Waals surface area contributed by atoms with Crippen LogP contribution < -0.4 is 0 Å². The number of nitrogens with zero attached hydrogens (tertiary/aromatic N) is 1. The van der Waals surface area contributed by atoms with Crippen molar-refractivity contribution < 1.29 is 9.59 Å². The van der Waals surface area contributed by atoms with Gasteiger partial charge in [0.2, 0.25) is 0 Å². The molecule has 1 aromatic carbocycles. The Morgan fingerprint density at radius 3 is 2.38 bits per heavy atom. The minimum absolute atomic E-state index is 0.214. The van der Waals surface area contributed by atoms with Crippen molar-refractivity contribution >= 4 is 11.8 Å². The van der Waals surface area contributed by atoms with Crippen molar-refractivity contribution in [3.8, 4) is 0 Å². The van der Waals surface area contributed by atoms with E-state index in [4.69, 9.17) is 0 Å². The number of aliphatic hydroxyl groups is 1. The molecule has 1 atom stereocenters. The number of aliphatic hydroxyl groups excluding tert-OH is 1. The van der Waals surface area contributed by atoms with E-state index < -0.39 is 0 Å². The monoisotopic (exact) mass is 240 g/mol. The zero-order valence-electron chi connectivity index (χ0n) is 10.4. The number of likely N-dealkylation sites (N-methyl/N-ethyl adjacent to an activating group) is 1. The van der Waals surface area contributed by atoms with Gasteiger partial charge in [0.25, 0.3) is 0 Å². The Bertz CT molecular complexity index is 295. The van der Waals surface area contributed by atoms with Gasteiger partial charge in [-0.2, -0.15) is 11.8 Å². The highest BCUT2D eigenvalue weighted by molar-refractivity contribution is 7.98. The molecule has 0 saturated heterocycles. The zero-order chi connectivity index (χ0) is 12.0. The summed E-state index contributed by atoms with van der Waals surface area (Å²) in [5, 5.41) is 9.83. The van der Waals surface area contributed by atoms with Crippen LogP contribution in [0.1, 0.15) is 5.56 Å². The van der Waals surface area contributed by atoms with Crippen LogP contribution in [0, 0.1) is 0 Å². The quantitative estimate of drug-likeness (QED) is 0.767. The first kappa shape index (κ1) is 13.6. The van der Waals surface area contributed by atoms with E-state index in [2.05, 4.69) is 45.4 Å². The summed E-state index contributed by atoms with van der Waals surface area (Å²) in [6.45, 7) is 0.807. The fourth-order valence-electron chi connectivity index (χ4n) is 1.57. The summed E-state index contributed by atoms with van der Waals surface area (Å²) < 4.78 is 0.813. The Morgan fingerprint density at radius 1 is 1.19 bits per heavy atom. The van der Waals surface area contributed by atoms with E-state index >= 15 is 0 Å². The maximum Gasteiger partial charge on any atom is 0.112 e. The molecular weight excluding hydrogens is 218 g/mol. The molecule has 0 unspecified atom stereocenters. The molecule has 0 fully saturated rings. The Labute approximate surface area is 103 Å². The molecule has 0 aliphatic carbocycles. The van der Waals surface area contributed by atoms with Crippen molar-refractivity contribution in [2.75, 3.05) is 33.4 Å². The molecule has 16 heavy (non-hydrogen) atoms. The maximum atomic E-state index is 9.83. The molecule has 90 valence electrons. The Balaban J connectivity index is 2.21. The topological polar surface area (TPSA) is 20.2 Å². The van der Waals surface area contributed by atoms with Crippen LogP contribution in [0.5, 0.6) is 0 Å². The van der Waals surface area contributed by atoms with Crippen molar-refractivity contribution in [2.24, 2.45) is 0 Å². The van der Waals surface area contributed by atoms with Crippen molar-refractivity contribution in [3.05, 3.63) is 35.9 Å². The fraction of sp³-hybridized carbons (Fsp3) is 0.538. The summed E-state index contributed by atoms with van der Waals surface area (Å²) in [6, 6.07) is 10.4. The summed E-state index contributed by atoms with van der Waals surface area (Å²) in [5.74, 6) is 1.79. The van der Waals surface area contributed by atoms with Crippen LogP contribution in [0.15, 0.2) is 30.3 Å². The van der Waals surface area contributed by atoms with Gasteiger partial charge in [0.15, 0.2) is 0 Å². The first-order chi connectivity index (χ1) is 7.47. The normalized spacial score (nSPS) is 13.8. The van der Waals surface area contributed by atoms with Crippen molar-refractivity contribution in [3.63, 3.8) is 0 Å². The first-order valence-corrected chi connectivity index (χ1v) is 6.73. The summed E-state index contributed by atoms with van der Waals surface area (Å²) in [5.41, 5.74) is 1.32. The molecule has 0 saturated carbocycles. The van der Waals surface area contributed by atoms with Crippen LogP contribution in [0.2, 0.25) is 0 Å². The van der Waals surface area contributed by atoms with Gasteiger partial charge in [0, 0.05) is 11.5 Å². The van der Waals surface area contributed by atoms with Gasteiger partial charge in [0.1, 0.15) is 12.6 Å². The molecule has 0 heterocycles. The standard InChI is InChI=1S/C13H22NOS/c1-14(2,3)9-13(15)11-16-10-12-7-5-4-6-8-12/h4-8,13,15H,9-11H2,1-3H3/q+1/t13-/m1/s1. The summed E-state index contributed by atoms with van der Waals surface area (Å²) >= 11 is 1.80. The second-order valence-corrected chi connectivity index (χ2v) is 6.16. The van der Waals surface area contributed by atoms with Gasteiger partial charge in [-0.15, -0.1) is 0 Å². The highest BCUT2D eigenvalue weighted by Gasteiger charge is 2.14. The average molecular weight is 240 g/mol. The molecule has 0 aliphatic rings. The summed E-state index contributed by atoms with van der Waals surface area (Å²) in [7, 11) is 6.31. The molecule has 1 aromatic rings. The Kier molecular flexibility index (Phi) is 5.32. The molecule has 0 radical (unpaired) electrons. The van der Waals surface area contributed by atoms with Crippen molar-refractivity contribution in [1.82, 2.24) is 0 Å². The van der Waals surface area contributed by atoms with Crippen LogP contribution in [-0.4, -0.2) is 49.1 Å². The third-order valence-corrected chi connectivity index (χ3v) is 3.34. The van der Waals surface area contributed by atoms with E-state index in [0.29, 0.717) is 0 Å². The highest BCUT2D eigenvalue weighted by atomic mass is 32.2. The lowest BCUT2D eigenvalue weighted by Crippen LogP contribution is -2.42. The van der Waals surface area contributed by atoms with Gasteiger partial charge in [-0.05, 0) is 5.56 Å². The molecule has 0 aliphatic heterocycles. The molecule has 3 heteroatoms. The first-order valence-electron chi connectivity index (χ1n) is 5.57. The predicted octanol–water partition coefficient (Wildman–Crippen LogP) is 1.99. The Hall–Kier alpha value is -0.510. The van der Waals surface area contributed by atoms with Gasteiger partial charge < -0.3 is 9.59 Å². The number of rotatable bonds is 6.